The predicted octanol–water partition coefficient (Wildman–Crippen LogP) is 2.66. The van der Waals surface area contributed by atoms with E-state index in [9.17, 15) is 4.79 Å². The van der Waals surface area contributed by atoms with Gasteiger partial charge >= 0.3 is 0 Å². The van der Waals surface area contributed by atoms with Gasteiger partial charge in [-0.05, 0) is 37.1 Å². The Morgan fingerprint density at radius 1 is 1.39 bits per heavy atom. The number of hydrogen-bond donors (Lipinski definition) is 1. The summed E-state index contributed by atoms with van der Waals surface area (Å²) >= 11 is 0. The van der Waals surface area contributed by atoms with E-state index in [0.29, 0.717) is 0 Å². The van der Waals surface area contributed by atoms with Crippen LogP contribution in [0.2, 0.25) is 0 Å². The molecule has 0 aromatic carbocycles. The summed E-state index contributed by atoms with van der Waals surface area (Å²) in [6.07, 6.45) is 2.28. The number of hydrogen-bond acceptors (Lipinski definition) is 2. The Bertz CT molecular complexity index is 304. The van der Waals surface area contributed by atoms with Crippen LogP contribution < -0.4 is 5.32 Å². The van der Waals surface area contributed by atoms with Gasteiger partial charge in [-0.2, -0.15) is 0 Å². The van der Waals surface area contributed by atoms with Crippen molar-refractivity contribution in [1.29, 1.82) is 0 Å². The maximum Gasteiger partial charge on any atom is 0.240 e. The van der Waals surface area contributed by atoms with Gasteiger partial charge in [-0.15, -0.1) is 0 Å². The van der Waals surface area contributed by atoms with E-state index in [4.69, 9.17) is 0 Å². The van der Waals surface area contributed by atoms with Gasteiger partial charge in [-0.25, -0.2) is 0 Å². The normalized spacial score (nSPS) is 25.6. The van der Waals surface area contributed by atoms with Gasteiger partial charge in [0.1, 0.15) is 0 Å². The monoisotopic (exact) mass is 254 g/mol. The average molecular weight is 254 g/mol. The number of nitrogens with one attached hydrogen (secondary N) is 1. The summed E-state index contributed by atoms with van der Waals surface area (Å²) in [7, 11) is 1.94. The highest BCUT2D eigenvalue weighted by Crippen LogP contribution is 2.32. The largest absolute Gasteiger partial charge is 0.341 e. The fraction of sp³-hybridized carbons (Fsp3) is 0.933. The molecule has 106 valence electrons. The van der Waals surface area contributed by atoms with Gasteiger partial charge in [0.25, 0.3) is 0 Å². The third-order valence-corrected chi connectivity index (χ3v) is 4.56. The van der Waals surface area contributed by atoms with Crippen LogP contribution in [0.5, 0.6) is 0 Å². The minimum absolute atomic E-state index is 0.0407. The summed E-state index contributed by atoms with van der Waals surface area (Å²) in [6, 6.07) is 0.200. The molecule has 0 aromatic heterocycles. The molecule has 0 spiro atoms. The number of carbonyl (C=O) groups is 1. The van der Waals surface area contributed by atoms with Crippen LogP contribution in [0.4, 0.5) is 0 Å². The predicted molar refractivity (Wildman–Crippen MR) is 76.5 cm³/mol. The quantitative estimate of drug-likeness (QED) is 0.821. The molecule has 2 atom stereocenters. The lowest BCUT2D eigenvalue weighted by molar-refractivity contribution is -0.139. The number of likely N-dealkylation sites (N-methyl/N-ethyl adjacent to an activating group) is 1. The zero-order valence-electron chi connectivity index (χ0n) is 13.1. The molecule has 1 amide bonds. The van der Waals surface area contributed by atoms with E-state index in [1.807, 2.05) is 11.9 Å². The van der Waals surface area contributed by atoms with Crippen molar-refractivity contribution >= 4 is 5.91 Å². The third-order valence-electron chi connectivity index (χ3n) is 4.56. The lowest BCUT2D eigenvalue weighted by Gasteiger charge is -2.43. The first-order valence-corrected chi connectivity index (χ1v) is 7.07. The Hall–Kier alpha value is -0.570. The van der Waals surface area contributed by atoms with E-state index < -0.39 is 0 Å². The third kappa shape index (κ3) is 3.25. The molecule has 1 aliphatic rings. The number of piperidine rings is 1. The zero-order valence-corrected chi connectivity index (χ0v) is 13.1. The maximum atomic E-state index is 12.7. The summed E-state index contributed by atoms with van der Waals surface area (Å²) in [5.41, 5.74) is 0.171. The van der Waals surface area contributed by atoms with Crippen molar-refractivity contribution in [1.82, 2.24) is 10.2 Å². The van der Waals surface area contributed by atoms with E-state index in [-0.39, 0.29) is 28.8 Å². The van der Waals surface area contributed by atoms with Crippen molar-refractivity contribution in [3.63, 3.8) is 0 Å². The molecule has 18 heavy (non-hydrogen) atoms. The highest BCUT2D eigenvalue weighted by Gasteiger charge is 2.40. The van der Waals surface area contributed by atoms with E-state index in [2.05, 4.69) is 46.9 Å². The van der Waals surface area contributed by atoms with Crippen LogP contribution in [0, 0.1) is 10.8 Å². The number of nitrogens with zero attached hydrogens (tertiary/aromatic N) is 1. The zero-order chi connectivity index (χ0) is 14.1. The molecule has 3 heteroatoms. The fourth-order valence-corrected chi connectivity index (χ4v) is 2.61. The van der Waals surface area contributed by atoms with Crippen LogP contribution in [-0.2, 0) is 4.79 Å². The van der Waals surface area contributed by atoms with Gasteiger partial charge in [0.15, 0.2) is 0 Å². The van der Waals surface area contributed by atoms with Crippen LogP contribution in [0.25, 0.3) is 0 Å². The van der Waals surface area contributed by atoms with Gasteiger partial charge < -0.3 is 10.2 Å². The molecule has 0 aliphatic carbocycles. The molecular formula is C15H30N2O. The summed E-state index contributed by atoms with van der Waals surface area (Å²) in [4.78, 5) is 14.6. The van der Waals surface area contributed by atoms with Crippen LogP contribution >= 0.6 is 0 Å². The number of carbonyl (C=O) groups excluding carboxylic acids is 1. The summed E-state index contributed by atoms with van der Waals surface area (Å²) in [5, 5.41) is 3.41. The molecule has 2 unspecified atom stereocenters. The first kappa shape index (κ1) is 15.5. The van der Waals surface area contributed by atoms with Gasteiger partial charge in [0.2, 0.25) is 5.91 Å². The molecule has 1 rings (SSSR count). The Kier molecular flexibility index (Phi) is 4.47. The molecule has 0 aromatic rings. The average Bonchev–Trinajstić information content (AvgIpc) is 2.24. The molecule has 1 heterocycles. The Morgan fingerprint density at radius 2 is 1.94 bits per heavy atom. The van der Waals surface area contributed by atoms with Gasteiger partial charge in [-0.1, -0.05) is 34.6 Å². The van der Waals surface area contributed by atoms with E-state index in [1.54, 1.807) is 0 Å². The van der Waals surface area contributed by atoms with Crippen molar-refractivity contribution in [2.24, 2.45) is 10.8 Å². The first-order valence-electron chi connectivity index (χ1n) is 7.07. The van der Waals surface area contributed by atoms with Crippen LogP contribution in [-0.4, -0.2) is 36.5 Å². The summed E-state index contributed by atoms with van der Waals surface area (Å²) < 4.78 is 0. The molecule has 1 N–H and O–H groups in total. The molecule has 3 nitrogen and oxygen atoms in total. The Balaban J connectivity index is 2.80. The molecular weight excluding hydrogens is 224 g/mol. The lowest BCUT2D eigenvalue weighted by Crippen LogP contribution is -2.58. The second-order valence-corrected chi connectivity index (χ2v) is 7.47. The topological polar surface area (TPSA) is 32.3 Å². The number of amides is 1. The molecule has 0 radical (unpaired) electrons. The second kappa shape index (κ2) is 5.20. The summed E-state index contributed by atoms with van der Waals surface area (Å²) in [5.74, 6) is 0.238. The van der Waals surface area contributed by atoms with E-state index >= 15 is 0 Å². The second-order valence-electron chi connectivity index (χ2n) is 7.47. The standard InChI is InChI=1S/C15H30N2O/c1-11(14(2,3)4)17(7)13(18)12-15(5,6)9-8-10-16-12/h11-12,16H,8-10H2,1-7H3. The minimum atomic E-state index is -0.0407. The smallest absolute Gasteiger partial charge is 0.240 e. The van der Waals surface area contributed by atoms with Crippen LogP contribution in [0.3, 0.4) is 0 Å². The van der Waals surface area contributed by atoms with E-state index in [1.165, 1.54) is 0 Å². The lowest BCUT2D eigenvalue weighted by atomic mass is 9.76. The molecule has 0 saturated carbocycles. The van der Waals surface area contributed by atoms with Crippen molar-refractivity contribution in [3.8, 4) is 0 Å². The minimum Gasteiger partial charge on any atom is -0.341 e. The summed E-state index contributed by atoms with van der Waals surface area (Å²) in [6.45, 7) is 14.0. The highest BCUT2D eigenvalue weighted by molar-refractivity contribution is 5.83. The van der Waals surface area contributed by atoms with Gasteiger partial charge in [0.05, 0.1) is 6.04 Å². The van der Waals surface area contributed by atoms with Crippen molar-refractivity contribution in [2.45, 2.75) is 66.5 Å². The molecule has 1 aliphatic heterocycles. The van der Waals surface area contributed by atoms with E-state index in [0.717, 1.165) is 19.4 Å². The van der Waals surface area contributed by atoms with Crippen molar-refractivity contribution < 1.29 is 4.79 Å². The van der Waals surface area contributed by atoms with Crippen LogP contribution in [0.15, 0.2) is 0 Å². The first-order chi connectivity index (χ1) is 8.07. The molecule has 1 fully saturated rings. The van der Waals surface area contributed by atoms with Crippen molar-refractivity contribution in [3.05, 3.63) is 0 Å². The SMILES string of the molecule is CC(N(C)C(=O)C1NCCCC1(C)C)C(C)(C)C. The van der Waals surface area contributed by atoms with Gasteiger partial charge in [0, 0.05) is 13.1 Å². The van der Waals surface area contributed by atoms with Crippen LogP contribution in [0.1, 0.15) is 54.4 Å². The molecule has 0 bridgehead atoms. The Morgan fingerprint density at radius 3 is 2.39 bits per heavy atom. The Labute approximate surface area is 112 Å². The number of rotatable bonds is 2. The molecule has 1 saturated heterocycles. The highest BCUT2D eigenvalue weighted by atomic mass is 16.2. The van der Waals surface area contributed by atoms with Gasteiger partial charge in [-0.3, -0.25) is 4.79 Å². The maximum absolute atomic E-state index is 12.7. The van der Waals surface area contributed by atoms with Crippen molar-refractivity contribution in [2.75, 3.05) is 13.6 Å². The fourth-order valence-electron chi connectivity index (χ4n) is 2.61.